The number of pyridine rings is 2. The molecule has 0 spiro atoms. The van der Waals surface area contributed by atoms with E-state index in [1.165, 1.54) is 18.4 Å². The molecular formula is C33H40ClN5O2Si. The van der Waals surface area contributed by atoms with Crippen molar-refractivity contribution in [2.75, 3.05) is 10.6 Å². The van der Waals surface area contributed by atoms with E-state index in [0.29, 0.717) is 29.9 Å². The van der Waals surface area contributed by atoms with E-state index in [1.54, 1.807) is 6.20 Å². The molecule has 1 amide bonds. The highest BCUT2D eigenvalue weighted by atomic mass is 35.5. The lowest BCUT2D eigenvalue weighted by atomic mass is 10.1. The minimum Gasteiger partial charge on any atom is -0.412 e. The molecule has 2 fully saturated rings. The molecule has 2 aliphatic carbocycles. The second-order valence-corrected chi connectivity index (χ2v) is 18.6. The third kappa shape index (κ3) is 6.41. The molecule has 4 aromatic rings. The monoisotopic (exact) mass is 601 g/mol. The average Bonchev–Trinajstić information content (AvgIpc) is 3.86. The number of aromatic nitrogens is 3. The van der Waals surface area contributed by atoms with Crippen molar-refractivity contribution in [1.29, 1.82) is 0 Å². The standard InChI is InChI=1S/C33H40ClN5O2Si/c1-33(2,3)42(4,5)41-20-24-13-23(21-9-10-21)18-39-19-27(37-31(24)39)17-36-26-11-12-35-30(15-26)38-32(40)29-16-28(29)22-7-6-8-25(34)14-22/h6-8,11-15,18-19,21,28-29H,9-10,16-17,20H2,1-5H3,(H2,35,36,38,40)/t28-,29+/m1/s1. The number of benzene rings is 1. The predicted octanol–water partition coefficient (Wildman–Crippen LogP) is 8.14. The highest BCUT2D eigenvalue weighted by molar-refractivity contribution is 6.74. The maximum Gasteiger partial charge on any atom is 0.229 e. The molecule has 0 radical (unpaired) electrons. The number of nitrogens with zero attached hydrogens (tertiary/aromatic N) is 3. The fourth-order valence-corrected chi connectivity index (χ4v) is 6.31. The van der Waals surface area contributed by atoms with Crippen LogP contribution in [0.1, 0.15) is 74.3 Å². The van der Waals surface area contributed by atoms with Crippen LogP contribution in [0, 0.1) is 5.92 Å². The topological polar surface area (TPSA) is 80.5 Å². The van der Waals surface area contributed by atoms with E-state index in [2.05, 4.69) is 72.3 Å². The van der Waals surface area contributed by atoms with Gasteiger partial charge in [0.2, 0.25) is 5.91 Å². The molecule has 0 bridgehead atoms. The van der Waals surface area contributed by atoms with Crippen molar-refractivity contribution >= 4 is 43.0 Å². The van der Waals surface area contributed by atoms with Gasteiger partial charge < -0.3 is 19.5 Å². The molecular weight excluding hydrogens is 562 g/mol. The summed E-state index contributed by atoms with van der Waals surface area (Å²) in [6, 6.07) is 13.8. The van der Waals surface area contributed by atoms with Crippen molar-refractivity contribution in [3.63, 3.8) is 0 Å². The van der Waals surface area contributed by atoms with E-state index >= 15 is 0 Å². The van der Waals surface area contributed by atoms with Crippen LogP contribution in [0.4, 0.5) is 11.5 Å². The second-order valence-electron chi connectivity index (χ2n) is 13.4. The Morgan fingerprint density at radius 1 is 1.12 bits per heavy atom. The van der Waals surface area contributed by atoms with Crippen molar-refractivity contribution in [3.8, 4) is 0 Å². The molecule has 2 N–H and O–H groups in total. The number of anilines is 2. The Labute approximate surface area is 254 Å². The molecule has 2 aliphatic rings. The fraction of sp³-hybridized carbons (Fsp3) is 0.424. The van der Waals surface area contributed by atoms with Gasteiger partial charge in [-0.3, -0.25) is 4.79 Å². The number of carbonyl (C=O) groups is 1. The van der Waals surface area contributed by atoms with Gasteiger partial charge in [0.25, 0.3) is 0 Å². The normalized spacial score (nSPS) is 18.7. The molecule has 3 heterocycles. The molecule has 2 saturated carbocycles. The summed E-state index contributed by atoms with van der Waals surface area (Å²) in [5.41, 5.74) is 6.41. The molecule has 0 saturated heterocycles. The lowest BCUT2D eigenvalue weighted by Gasteiger charge is -2.36. The molecule has 6 rings (SSSR count). The zero-order valence-corrected chi connectivity index (χ0v) is 26.8. The van der Waals surface area contributed by atoms with Crippen LogP contribution < -0.4 is 10.6 Å². The van der Waals surface area contributed by atoms with Gasteiger partial charge in [-0.25, -0.2) is 9.97 Å². The summed E-state index contributed by atoms with van der Waals surface area (Å²) in [6.45, 7) is 12.5. The van der Waals surface area contributed by atoms with E-state index < -0.39 is 8.32 Å². The first-order chi connectivity index (χ1) is 20.0. The zero-order chi connectivity index (χ0) is 29.6. The predicted molar refractivity (Wildman–Crippen MR) is 172 cm³/mol. The van der Waals surface area contributed by atoms with E-state index in [0.717, 1.165) is 34.6 Å². The maximum atomic E-state index is 12.9. The molecule has 3 aromatic heterocycles. The van der Waals surface area contributed by atoms with Gasteiger partial charge in [-0.05, 0) is 84.6 Å². The van der Waals surface area contributed by atoms with Crippen LogP contribution in [0.3, 0.4) is 0 Å². The van der Waals surface area contributed by atoms with Gasteiger partial charge in [0.15, 0.2) is 8.32 Å². The van der Waals surface area contributed by atoms with Crippen molar-refractivity contribution in [3.05, 3.63) is 88.5 Å². The summed E-state index contributed by atoms with van der Waals surface area (Å²) in [5, 5.41) is 7.30. The first kappa shape index (κ1) is 28.9. The Morgan fingerprint density at radius 2 is 1.93 bits per heavy atom. The number of hydrogen-bond acceptors (Lipinski definition) is 5. The summed E-state index contributed by atoms with van der Waals surface area (Å²) in [5.74, 6) is 1.32. The summed E-state index contributed by atoms with van der Waals surface area (Å²) in [7, 11) is -1.89. The maximum absolute atomic E-state index is 12.9. The first-order valence-electron chi connectivity index (χ1n) is 14.9. The minimum atomic E-state index is -1.89. The van der Waals surface area contributed by atoms with Crippen LogP contribution >= 0.6 is 11.6 Å². The Balaban J connectivity index is 1.12. The van der Waals surface area contributed by atoms with E-state index in [9.17, 15) is 4.79 Å². The average molecular weight is 602 g/mol. The Hall–Kier alpha value is -3.20. The number of nitrogens with one attached hydrogen (secondary N) is 2. The number of hydrogen-bond donors (Lipinski definition) is 2. The van der Waals surface area contributed by atoms with Crippen LogP contribution in [0.25, 0.3) is 5.65 Å². The SMILES string of the molecule is CC(C)(C)[Si](C)(C)OCc1cc(C2CC2)cn2cc(CNc3ccnc(NC(=O)[C@H]4C[C@@H]4c4cccc(Cl)c4)c3)nc12. The largest absolute Gasteiger partial charge is 0.412 e. The van der Waals surface area contributed by atoms with Crippen LogP contribution in [0.15, 0.2) is 61.1 Å². The quantitative estimate of drug-likeness (QED) is 0.179. The third-order valence-electron chi connectivity index (χ3n) is 9.03. The van der Waals surface area contributed by atoms with Crippen molar-refractivity contribution in [2.45, 2.75) is 83.2 Å². The zero-order valence-electron chi connectivity index (χ0n) is 25.1. The first-order valence-corrected chi connectivity index (χ1v) is 18.2. The van der Waals surface area contributed by atoms with Gasteiger partial charge in [0.05, 0.1) is 18.8 Å². The van der Waals surface area contributed by atoms with E-state index in [4.69, 9.17) is 21.0 Å². The van der Waals surface area contributed by atoms with Gasteiger partial charge in [-0.1, -0.05) is 44.5 Å². The van der Waals surface area contributed by atoms with Crippen LogP contribution in [0.5, 0.6) is 0 Å². The molecule has 1 aromatic carbocycles. The van der Waals surface area contributed by atoms with Crippen molar-refractivity contribution < 1.29 is 9.22 Å². The third-order valence-corrected chi connectivity index (χ3v) is 13.7. The number of halogens is 1. The summed E-state index contributed by atoms with van der Waals surface area (Å²) in [6.07, 6.45) is 9.37. The van der Waals surface area contributed by atoms with E-state index in [1.807, 2.05) is 36.4 Å². The van der Waals surface area contributed by atoms with Crippen LogP contribution in [-0.2, 0) is 22.4 Å². The minimum absolute atomic E-state index is 0.0103. The molecule has 2 atom stereocenters. The lowest BCUT2D eigenvalue weighted by molar-refractivity contribution is -0.117. The Kier molecular flexibility index (Phi) is 7.66. The van der Waals surface area contributed by atoms with Gasteiger partial charge >= 0.3 is 0 Å². The number of imidazole rings is 1. The smallest absolute Gasteiger partial charge is 0.229 e. The molecule has 0 unspecified atom stereocenters. The summed E-state index contributed by atoms with van der Waals surface area (Å²) in [4.78, 5) is 22.3. The van der Waals surface area contributed by atoms with Gasteiger partial charge in [-0.2, -0.15) is 0 Å². The molecule has 9 heteroatoms. The molecule has 0 aliphatic heterocycles. The molecule has 42 heavy (non-hydrogen) atoms. The highest BCUT2D eigenvalue weighted by Gasteiger charge is 2.44. The molecule has 7 nitrogen and oxygen atoms in total. The summed E-state index contributed by atoms with van der Waals surface area (Å²) < 4.78 is 8.77. The van der Waals surface area contributed by atoms with Gasteiger partial charge in [0.1, 0.15) is 11.5 Å². The van der Waals surface area contributed by atoms with E-state index in [-0.39, 0.29) is 22.8 Å². The van der Waals surface area contributed by atoms with Crippen molar-refractivity contribution in [1.82, 2.24) is 14.4 Å². The number of fused-ring (bicyclic) bond motifs is 1. The van der Waals surface area contributed by atoms with Gasteiger partial charge in [0, 0.05) is 46.8 Å². The van der Waals surface area contributed by atoms with Crippen LogP contribution in [-0.4, -0.2) is 28.6 Å². The second kappa shape index (κ2) is 11.1. The number of amides is 1. The molecule has 220 valence electrons. The van der Waals surface area contributed by atoms with Crippen molar-refractivity contribution in [2.24, 2.45) is 5.92 Å². The number of carbonyl (C=O) groups excluding carboxylic acids is 1. The van der Waals surface area contributed by atoms with Gasteiger partial charge in [-0.15, -0.1) is 0 Å². The fourth-order valence-electron chi connectivity index (χ4n) is 5.16. The number of rotatable bonds is 10. The van der Waals surface area contributed by atoms with Crippen LogP contribution in [0.2, 0.25) is 23.2 Å². The highest BCUT2D eigenvalue weighted by Crippen LogP contribution is 2.48. The Bertz CT molecular complexity index is 1620. The Morgan fingerprint density at radius 3 is 2.67 bits per heavy atom. The lowest BCUT2D eigenvalue weighted by Crippen LogP contribution is -2.40. The summed E-state index contributed by atoms with van der Waals surface area (Å²) >= 11 is 6.14.